The molecule has 3 aliphatic heterocycles. The van der Waals surface area contributed by atoms with Gasteiger partial charge in [-0.3, -0.25) is 28.9 Å². The summed E-state index contributed by atoms with van der Waals surface area (Å²) in [5.74, 6) is -2.63. The second kappa shape index (κ2) is 42.8. The largest absolute Gasteiger partial charge is 0.479 e. The van der Waals surface area contributed by atoms with E-state index in [2.05, 4.69) is 10.3 Å². The minimum absolute atomic E-state index is 0.0388. The van der Waals surface area contributed by atoms with Gasteiger partial charge in [0.25, 0.3) is 17.7 Å². The van der Waals surface area contributed by atoms with E-state index < -0.39 is 58.5 Å². The molecule has 504 valence electrons. The van der Waals surface area contributed by atoms with Gasteiger partial charge in [-0.15, -0.1) is 11.3 Å². The molecule has 3 atom stereocenters. The predicted molar refractivity (Wildman–Crippen MR) is 320 cm³/mol. The first-order valence-electron chi connectivity index (χ1n) is 29.5. The molecule has 4 heterocycles. The highest BCUT2D eigenvalue weighted by molar-refractivity contribution is 7.87. The Balaban J connectivity index is 0.864. The summed E-state index contributed by atoms with van der Waals surface area (Å²) in [4.78, 5) is 84.8. The standard InChI is InChI=1S/C57H85N7O24S2/c1-3-12-64(86-4-2)55(69)43-34-49-47(60-50(58)35-43)38-46(89-49)40-62(39-42-5-7-45(8-6-42)87-54-37-44(65)36-48(88-54)56(70)71)90(73,74)61-57(72)85-33-32-84-31-30-83-29-28-82-27-26-81-25-24-80-23-22-79-21-20-78-19-18-77-17-16-76-15-14-75-13-11-59-51(66)41-63-52(67)9-10-53(63)68/h5-10,34,38,44,48,54,65H,3-4,11-33,35-37,39-41H2,1-2H3,(H2,58,60)(H,59,66)(H,61,72)(H,70,71)/t44-,48-,54+/m0/s1. The monoisotopic (exact) mass is 1320 g/mol. The number of fused-ring (bicyclic) bond motifs is 1. The predicted octanol–water partition coefficient (Wildman–Crippen LogP) is 1.22. The number of nitrogens with two attached hydrogens (primary N) is 1. The highest BCUT2D eigenvalue weighted by atomic mass is 32.2. The molecule has 0 aliphatic carbocycles. The number of aliphatic hydroxyl groups excluding tert-OH is 1. The van der Waals surface area contributed by atoms with E-state index in [-0.39, 0.29) is 103 Å². The van der Waals surface area contributed by atoms with Crippen LogP contribution in [0, 0.1) is 0 Å². The summed E-state index contributed by atoms with van der Waals surface area (Å²) in [6.45, 7) is 10.1. The van der Waals surface area contributed by atoms with Crippen molar-refractivity contribution in [2.75, 3.05) is 165 Å². The normalized spacial score (nSPS) is 16.6. The maximum absolute atomic E-state index is 14.0. The van der Waals surface area contributed by atoms with Crippen LogP contribution in [0.1, 0.15) is 54.8 Å². The number of amidine groups is 1. The molecule has 5 amide bonds. The second-order valence-corrected chi connectivity index (χ2v) is 22.4. The molecule has 0 radical (unpaired) electrons. The first-order chi connectivity index (χ1) is 43.5. The van der Waals surface area contributed by atoms with Crippen molar-refractivity contribution < 1.29 is 114 Å². The highest BCUT2D eigenvalue weighted by Gasteiger charge is 2.34. The van der Waals surface area contributed by atoms with Crippen molar-refractivity contribution in [2.45, 2.75) is 71.1 Å². The van der Waals surface area contributed by atoms with E-state index in [1.807, 2.05) is 11.6 Å². The lowest BCUT2D eigenvalue weighted by Crippen LogP contribution is -2.43. The molecule has 1 aromatic carbocycles. The van der Waals surface area contributed by atoms with Crippen LogP contribution in [0.5, 0.6) is 5.75 Å². The van der Waals surface area contributed by atoms with Crippen molar-refractivity contribution in [2.24, 2.45) is 10.7 Å². The molecule has 0 unspecified atom stereocenters. The summed E-state index contributed by atoms with van der Waals surface area (Å²) >= 11 is 1.19. The summed E-state index contributed by atoms with van der Waals surface area (Å²) in [6, 6.07) is 7.89. The maximum Gasteiger partial charge on any atom is 0.422 e. The molecule has 33 heteroatoms. The van der Waals surface area contributed by atoms with Gasteiger partial charge in [-0.1, -0.05) is 19.1 Å². The number of aliphatic hydroxyl groups is 1. The number of rotatable bonds is 49. The number of carbonyl (C=O) groups excluding carboxylic acids is 5. The molecular weight excluding hydrogens is 1230 g/mol. The summed E-state index contributed by atoms with van der Waals surface area (Å²) < 4.78 is 102. The SMILES string of the molecule is CCCN(OCC)C(=O)C1=Cc2sc(CN(Cc3ccc(O[C@H]4C[C@@H](O)C[C@@H](C(=O)O)O4)cc3)S(=O)(=O)NC(=O)OCCOCCOCCOCCOCCOCCOCCOCCOCCOCCOCCNC(=O)CN3C(=O)C=CC3=O)cc2N=C(N)C1. The van der Waals surface area contributed by atoms with Crippen LogP contribution >= 0.6 is 11.3 Å². The number of benzene rings is 1. The molecule has 0 bridgehead atoms. The van der Waals surface area contributed by atoms with Crippen molar-refractivity contribution in [1.29, 1.82) is 0 Å². The molecule has 0 spiro atoms. The summed E-state index contributed by atoms with van der Waals surface area (Å²) in [7, 11) is -4.61. The Hall–Kier alpha value is -6.12. The van der Waals surface area contributed by atoms with E-state index in [1.54, 1.807) is 31.2 Å². The third kappa shape index (κ3) is 29.4. The third-order valence-electron chi connectivity index (χ3n) is 12.5. The van der Waals surface area contributed by atoms with Crippen molar-refractivity contribution in [3.05, 3.63) is 63.4 Å². The Kier molecular flexibility index (Phi) is 35.5. The van der Waals surface area contributed by atoms with Gasteiger partial charge in [-0.2, -0.15) is 12.7 Å². The van der Waals surface area contributed by atoms with Crippen LogP contribution in [0.25, 0.3) is 6.08 Å². The minimum atomic E-state index is -4.61. The molecule has 1 aromatic heterocycles. The fourth-order valence-corrected chi connectivity index (χ4v) is 10.4. The first kappa shape index (κ1) is 74.6. The van der Waals surface area contributed by atoms with Crippen LogP contribution < -0.4 is 20.5 Å². The fraction of sp³-hybridized carbons (Fsp3) is 0.632. The zero-order valence-electron chi connectivity index (χ0n) is 50.8. The van der Waals surface area contributed by atoms with Gasteiger partial charge in [0.05, 0.1) is 162 Å². The zero-order valence-corrected chi connectivity index (χ0v) is 52.5. The van der Waals surface area contributed by atoms with Crippen LogP contribution in [-0.2, 0) is 109 Å². The van der Waals surface area contributed by atoms with E-state index in [0.717, 1.165) is 21.4 Å². The summed E-state index contributed by atoms with van der Waals surface area (Å²) in [5, 5.41) is 23.4. The highest BCUT2D eigenvalue weighted by Crippen LogP contribution is 2.36. The average Bonchev–Trinajstić information content (AvgIpc) is 1.80. The van der Waals surface area contributed by atoms with E-state index in [0.29, 0.717) is 145 Å². The molecule has 31 nitrogen and oxygen atoms in total. The van der Waals surface area contributed by atoms with Crippen LogP contribution in [0.4, 0.5) is 10.5 Å². The molecule has 6 N–H and O–H groups in total. The fourth-order valence-electron chi connectivity index (χ4n) is 8.24. The van der Waals surface area contributed by atoms with Gasteiger partial charge in [-0.05, 0) is 43.2 Å². The van der Waals surface area contributed by atoms with E-state index in [1.165, 1.54) is 28.5 Å². The Morgan fingerprint density at radius 2 is 1.24 bits per heavy atom. The number of imide groups is 1. The number of nitrogens with one attached hydrogen (secondary N) is 2. The summed E-state index contributed by atoms with van der Waals surface area (Å²) in [5.41, 5.74) is 7.50. The second-order valence-electron chi connectivity index (χ2n) is 19.6. The summed E-state index contributed by atoms with van der Waals surface area (Å²) in [6.07, 6.45) is 0.104. The van der Waals surface area contributed by atoms with Crippen LogP contribution in [-0.4, -0.2) is 258 Å². The topological polar surface area (TPSA) is 378 Å². The molecule has 5 rings (SSSR count). The zero-order chi connectivity index (χ0) is 64.8. The molecule has 1 saturated heterocycles. The Morgan fingerprint density at radius 3 is 1.74 bits per heavy atom. The van der Waals surface area contributed by atoms with Crippen LogP contribution in [0.15, 0.2) is 53.0 Å². The molecule has 3 aliphatic rings. The average molecular weight is 1320 g/mol. The molecule has 90 heavy (non-hydrogen) atoms. The number of carboxylic acids is 1. The first-order valence-corrected chi connectivity index (χ1v) is 31.8. The van der Waals surface area contributed by atoms with Gasteiger partial charge in [-0.25, -0.2) is 24.4 Å². The number of ether oxygens (including phenoxy) is 13. The number of nitrogens with zero attached hydrogens (tertiary/aromatic N) is 4. The minimum Gasteiger partial charge on any atom is -0.479 e. The number of hydroxylamine groups is 2. The van der Waals surface area contributed by atoms with Crippen LogP contribution in [0.2, 0.25) is 0 Å². The third-order valence-corrected chi connectivity index (χ3v) is 14.9. The van der Waals surface area contributed by atoms with Gasteiger partial charge in [0.1, 0.15) is 24.7 Å². The smallest absolute Gasteiger partial charge is 0.422 e. The number of aliphatic imine (C=N–C) groups is 1. The molecule has 1 fully saturated rings. The van der Waals surface area contributed by atoms with Gasteiger partial charge in [0.15, 0.2) is 6.10 Å². The van der Waals surface area contributed by atoms with E-state index in [4.69, 9.17) is 72.2 Å². The number of hydrogen-bond acceptors (Lipinski definition) is 26. The van der Waals surface area contributed by atoms with Crippen molar-refractivity contribution in [1.82, 2.24) is 24.3 Å². The van der Waals surface area contributed by atoms with Gasteiger partial charge >= 0.3 is 22.3 Å². The number of amides is 5. The van der Waals surface area contributed by atoms with Crippen molar-refractivity contribution >= 4 is 74.8 Å². The Morgan fingerprint density at radius 1 is 0.733 bits per heavy atom. The van der Waals surface area contributed by atoms with Gasteiger partial charge in [0, 0.05) is 61.5 Å². The quantitative estimate of drug-likeness (QED) is 0.0353. The van der Waals surface area contributed by atoms with Crippen molar-refractivity contribution in [3.63, 3.8) is 0 Å². The lowest BCUT2D eigenvalue weighted by molar-refractivity contribution is -0.195. The van der Waals surface area contributed by atoms with Crippen molar-refractivity contribution in [3.8, 4) is 5.75 Å². The van der Waals surface area contributed by atoms with E-state index in [9.17, 15) is 47.4 Å². The van der Waals surface area contributed by atoms with Crippen LogP contribution in [0.3, 0.4) is 0 Å². The lowest BCUT2D eigenvalue weighted by Gasteiger charge is -2.31. The Labute approximate surface area is 526 Å². The maximum atomic E-state index is 14.0. The van der Waals surface area contributed by atoms with Gasteiger partial charge in [0.2, 0.25) is 12.2 Å². The number of hydrogen-bond donors (Lipinski definition) is 5. The molecular formula is C57H85N7O24S2. The lowest BCUT2D eigenvalue weighted by atomic mass is 10.1. The number of carbonyl (C=O) groups is 6. The Bertz CT molecular complexity index is 2690. The number of carboxylic acid groups (broad SMARTS) is 1. The van der Waals surface area contributed by atoms with E-state index >= 15 is 0 Å². The molecule has 0 saturated carbocycles. The molecule has 2 aromatic rings. The number of thiophene rings is 1. The van der Waals surface area contributed by atoms with Gasteiger partial charge < -0.3 is 82.8 Å². The number of aliphatic carboxylic acids is 1.